The number of ether oxygens (including phenoxy) is 1. The predicted octanol–water partition coefficient (Wildman–Crippen LogP) is 5.40. The van der Waals surface area contributed by atoms with E-state index in [1.54, 1.807) is 12.4 Å². The predicted molar refractivity (Wildman–Crippen MR) is 136 cm³/mol. The molecule has 6 heteroatoms. The van der Waals surface area contributed by atoms with Crippen LogP contribution in [0.25, 0.3) is 17.0 Å². The number of fused-ring (bicyclic) bond motifs is 1. The van der Waals surface area contributed by atoms with Crippen molar-refractivity contribution < 1.29 is 4.74 Å². The summed E-state index contributed by atoms with van der Waals surface area (Å²) in [5, 5.41) is 14.4. The molecule has 1 fully saturated rings. The SMILES string of the molecule is Cc1c(Nc2c(C#N)cncc2C=CC2CN(Cc3ccccc3)CCO2)ccc2[nH]ccc12. The number of morpholine rings is 1. The van der Waals surface area contributed by atoms with Crippen molar-refractivity contribution in [1.29, 1.82) is 5.26 Å². The fraction of sp³-hybridized carbons (Fsp3) is 0.214. The van der Waals surface area contributed by atoms with E-state index < -0.39 is 0 Å². The average molecular weight is 450 g/mol. The molecule has 2 aromatic heterocycles. The number of anilines is 2. The van der Waals surface area contributed by atoms with E-state index in [2.05, 4.69) is 69.6 Å². The molecule has 5 rings (SSSR count). The lowest BCUT2D eigenvalue weighted by molar-refractivity contribution is -0.00610. The zero-order valence-corrected chi connectivity index (χ0v) is 19.2. The molecule has 1 saturated heterocycles. The van der Waals surface area contributed by atoms with E-state index in [1.165, 1.54) is 5.56 Å². The molecular formula is C28H27N5O. The van der Waals surface area contributed by atoms with Crippen LogP contribution in [0.3, 0.4) is 0 Å². The van der Waals surface area contributed by atoms with Gasteiger partial charge in [0.25, 0.3) is 0 Å². The van der Waals surface area contributed by atoms with Crippen LogP contribution in [0.4, 0.5) is 11.4 Å². The highest BCUT2D eigenvalue weighted by Crippen LogP contribution is 2.31. The van der Waals surface area contributed by atoms with Crippen molar-refractivity contribution in [2.75, 3.05) is 25.0 Å². The number of aromatic nitrogens is 2. The molecule has 0 spiro atoms. The molecule has 6 nitrogen and oxygen atoms in total. The Balaban J connectivity index is 1.36. The van der Waals surface area contributed by atoms with Gasteiger partial charge in [0.1, 0.15) is 6.07 Å². The second-order valence-electron chi connectivity index (χ2n) is 8.55. The number of nitrogens with zero attached hydrogens (tertiary/aromatic N) is 3. The van der Waals surface area contributed by atoms with Gasteiger partial charge in [-0.15, -0.1) is 0 Å². The number of hydrogen-bond acceptors (Lipinski definition) is 5. The summed E-state index contributed by atoms with van der Waals surface area (Å²) in [5.41, 5.74) is 6.60. The van der Waals surface area contributed by atoms with Crippen LogP contribution in [0.5, 0.6) is 0 Å². The molecule has 1 aliphatic rings. The van der Waals surface area contributed by atoms with Gasteiger partial charge < -0.3 is 15.0 Å². The zero-order chi connectivity index (χ0) is 23.3. The average Bonchev–Trinajstić information content (AvgIpc) is 3.35. The van der Waals surface area contributed by atoms with E-state index >= 15 is 0 Å². The van der Waals surface area contributed by atoms with Crippen molar-refractivity contribution in [1.82, 2.24) is 14.9 Å². The standard InChI is InChI=1S/C28H27N5O/c1-20-25-11-12-31-27(25)10-9-26(20)32-28-22(16-30-17-23(28)15-29)7-8-24-19-33(13-14-34-24)18-21-5-3-2-4-6-21/h2-12,16-17,24,31H,13-14,18-19H2,1H3,(H,30,32). The first-order valence-corrected chi connectivity index (χ1v) is 11.5. The van der Waals surface area contributed by atoms with Crippen molar-refractivity contribution in [3.05, 3.63) is 95.5 Å². The Labute approximate surface area is 199 Å². The van der Waals surface area contributed by atoms with E-state index in [1.807, 2.05) is 30.5 Å². The molecule has 170 valence electrons. The summed E-state index contributed by atoms with van der Waals surface area (Å²) < 4.78 is 6.00. The lowest BCUT2D eigenvalue weighted by Gasteiger charge is -2.31. The first-order chi connectivity index (χ1) is 16.7. The second-order valence-corrected chi connectivity index (χ2v) is 8.55. The summed E-state index contributed by atoms with van der Waals surface area (Å²) >= 11 is 0. The molecule has 2 aromatic carbocycles. The van der Waals surface area contributed by atoms with Crippen molar-refractivity contribution in [3.8, 4) is 6.07 Å². The summed E-state index contributed by atoms with van der Waals surface area (Å²) in [4.78, 5) is 9.94. The number of rotatable bonds is 6. The minimum atomic E-state index is -0.0194. The van der Waals surface area contributed by atoms with Crippen molar-refractivity contribution >= 4 is 28.4 Å². The van der Waals surface area contributed by atoms with E-state index in [4.69, 9.17) is 4.74 Å². The number of nitriles is 1. The maximum atomic E-state index is 9.73. The zero-order valence-electron chi connectivity index (χ0n) is 19.2. The molecule has 2 N–H and O–H groups in total. The molecule has 0 aliphatic carbocycles. The molecule has 0 bridgehead atoms. The van der Waals surface area contributed by atoms with Crippen LogP contribution >= 0.6 is 0 Å². The Kier molecular flexibility index (Phi) is 6.39. The Morgan fingerprint density at radius 1 is 1.21 bits per heavy atom. The van der Waals surface area contributed by atoms with Gasteiger partial charge in [-0.1, -0.05) is 42.5 Å². The fourth-order valence-electron chi connectivity index (χ4n) is 4.43. The van der Waals surface area contributed by atoms with E-state index in [0.717, 1.165) is 53.0 Å². The minimum Gasteiger partial charge on any atom is -0.371 e. The van der Waals surface area contributed by atoms with Crippen LogP contribution in [0, 0.1) is 18.3 Å². The lowest BCUT2D eigenvalue weighted by Crippen LogP contribution is -2.41. The molecule has 0 radical (unpaired) electrons. The summed E-state index contributed by atoms with van der Waals surface area (Å²) in [6.07, 6.45) is 9.39. The number of hydrogen-bond donors (Lipinski definition) is 2. The Morgan fingerprint density at radius 2 is 2.09 bits per heavy atom. The fourth-order valence-corrected chi connectivity index (χ4v) is 4.43. The van der Waals surface area contributed by atoms with Crippen molar-refractivity contribution in [2.45, 2.75) is 19.6 Å². The maximum Gasteiger partial charge on any atom is 0.103 e. The van der Waals surface area contributed by atoms with Crippen LogP contribution in [0.2, 0.25) is 0 Å². The monoisotopic (exact) mass is 449 g/mol. The molecule has 34 heavy (non-hydrogen) atoms. The van der Waals surface area contributed by atoms with E-state index in [-0.39, 0.29) is 6.10 Å². The third-order valence-corrected chi connectivity index (χ3v) is 6.28. The van der Waals surface area contributed by atoms with Gasteiger partial charge in [-0.25, -0.2) is 0 Å². The Hall–Kier alpha value is -3.92. The van der Waals surface area contributed by atoms with E-state index in [9.17, 15) is 5.26 Å². The number of H-pyrrole nitrogens is 1. The third-order valence-electron chi connectivity index (χ3n) is 6.28. The summed E-state index contributed by atoms with van der Waals surface area (Å²) in [5.74, 6) is 0. The summed E-state index contributed by atoms with van der Waals surface area (Å²) in [7, 11) is 0. The molecule has 0 saturated carbocycles. The highest BCUT2D eigenvalue weighted by Gasteiger charge is 2.19. The topological polar surface area (TPSA) is 77.0 Å². The molecule has 0 amide bonds. The molecule has 1 atom stereocenters. The van der Waals surface area contributed by atoms with Crippen LogP contribution in [0.1, 0.15) is 22.3 Å². The van der Waals surface area contributed by atoms with Gasteiger partial charge in [-0.05, 0) is 36.2 Å². The first-order valence-electron chi connectivity index (χ1n) is 11.5. The van der Waals surface area contributed by atoms with Gasteiger partial charge in [0, 0.05) is 60.4 Å². The molecular weight excluding hydrogens is 422 g/mol. The highest BCUT2D eigenvalue weighted by atomic mass is 16.5. The molecule has 1 unspecified atom stereocenters. The Bertz CT molecular complexity index is 1350. The number of aromatic amines is 1. The quantitative estimate of drug-likeness (QED) is 0.412. The van der Waals surface area contributed by atoms with Crippen LogP contribution < -0.4 is 5.32 Å². The summed E-state index contributed by atoms with van der Waals surface area (Å²) in [6.45, 7) is 5.42. The minimum absolute atomic E-state index is 0.0194. The lowest BCUT2D eigenvalue weighted by atomic mass is 10.1. The smallest absolute Gasteiger partial charge is 0.103 e. The van der Waals surface area contributed by atoms with Crippen LogP contribution in [0.15, 0.2) is 73.2 Å². The maximum absolute atomic E-state index is 9.73. The third kappa shape index (κ3) is 4.72. The molecule has 3 heterocycles. The number of pyridine rings is 1. The largest absolute Gasteiger partial charge is 0.371 e. The Morgan fingerprint density at radius 3 is 2.94 bits per heavy atom. The van der Waals surface area contributed by atoms with Gasteiger partial charge in [-0.3, -0.25) is 9.88 Å². The highest BCUT2D eigenvalue weighted by molar-refractivity contribution is 5.89. The van der Waals surface area contributed by atoms with Gasteiger partial charge >= 0.3 is 0 Å². The van der Waals surface area contributed by atoms with Gasteiger partial charge in [0.05, 0.1) is 24.0 Å². The van der Waals surface area contributed by atoms with E-state index in [0.29, 0.717) is 12.2 Å². The van der Waals surface area contributed by atoms with Gasteiger partial charge in [0.2, 0.25) is 0 Å². The van der Waals surface area contributed by atoms with Gasteiger partial charge in [-0.2, -0.15) is 5.26 Å². The normalized spacial score (nSPS) is 16.6. The number of aryl methyl sites for hydroxylation is 1. The van der Waals surface area contributed by atoms with Gasteiger partial charge in [0.15, 0.2) is 0 Å². The molecule has 4 aromatic rings. The van der Waals surface area contributed by atoms with Crippen molar-refractivity contribution in [2.24, 2.45) is 0 Å². The number of benzene rings is 2. The van der Waals surface area contributed by atoms with Crippen LogP contribution in [-0.4, -0.2) is 40.7 Å². The molecule has 1 aliphatic heterocycles. The second kappa shape index (κ2) is 9.92. The summed E-state index contributed by atoms with van der Waals surface area (Å²) in [6, 6.07) is 18.9. The number of nitrogens with one attached hydrogen (secondary N) is 2. The first kappa shape index (κ1) is 21.9. The van der Waals surface area contributed by atoms with Crippen LogP contribution in [-0.2, 0) is 11.3 Å². The van der Waals surface area contributed by atoms with Crippen molar-refractivity contribution in [3.63, 3.8) is 0 Å².